The first-order valence-electron chi connectivity index (χ1n) is 11.2. The van der Waals surface area contributed by atoms with Crippen LogP contribution in [0.1, 0.15) is 24.6 Å². The van der Waals surface area contributed by atoms with Gasteiger partial charge in [0.25, 0.3) is 5.56 Å². The first-order valence-corrected chi connectivity index (χ1v) is 12.6. The van der Waals surface area contributed by atoms with Crippen LogP contribution in [0.2, 0.25) is 0 Å². The molecule has 2 heterocycles. The third-order valence-electron chi connectivity index (χ3n) is 5.64. The molecular weight excluding hydrogens is 497 g/mol. The number of H-pyrrole nitrogens is 1. The lowest BCUT2D eigenvalue weighted by atomic mass is 10.1. The fraction of sp³-hybridized carbons (Fsp3) is 0.478. The number of rotatable bonds is 11. The molecule has 2 aromatic rings. The monoisotopic (exact) mass is 525 g/mol. The first-order chi connectivity index (χ1) is 17.2. The van der Waals surface area contributed by atoms with Gasteiger partial charge in [-0.25, -0.2) is 9.59 Å². The number of ether oxygens (including phenoxy) is 2. The average Bonchev–Trinajstić information content (AvgIpc) is 3.15. The van der Waals surface area contributed by atoms with Crippen molar-refractivity contribution in [2.45, 2.75) is 49.8 Å². The molecule has 1 aromatic heterocycles. The molecule has 1 amide bonds. The van der Waals surface area contributed by atoms with Crippen LogP contribution in [0.15, 0.2) is 46.1 Å². The Balaban J connectivity index is 1.58. The maximum Gasteiger partial charge on any atom is 0.330 e. The van der Waals surface area contributed by atoms with Crippen molar-refractivity contribution in [3.05, 3.63) is 68.7 Å². The third-order valence-corrected chi connectivity index (χ3v) is 6.28. The Morgan fingerprint density at radius 1 is 1.25 bits per heavy atom. The summed E-state index contributed by atoms with van der Waals surface area (Å²) >= 11 is 1.49. The summed E-state index contributed by atoms with van der Waals surface area (Å²) in [6, 6.07) is 8.49. The molecule has 0 saturated carbocycles. The number of hydrogen-bond acceptors (Lipinski definition) is 9. The summed E-state index contributed by atoms with van der Waals surface area (Å²) < 4.78 is 24.9. The van der Waals surface area contributed by atoms with Crippen LogP contribution in [-0.4, -0.2) is 74.6 Å². The Kier molecular flexibility index (Phi) is 9.81. The lowest BCUT2D eigenvalue weighted by Crippen LogP contribution is -2.43. The minimum absolute atomic E-state index is 0.176. The van der Waals surface area contributed by atoms with Gasteiger partial charge in [-0.3, -0.25) is 19.1 Å². The Morgan fingerprint density at radius 3 is 2.67 bits per heavy atom. The summed E-state index contributed by atoms with van der Waals surface area (Å²) in [5.41, 5.74) is -1.31. The maximum absolute atomic E-state index is 13.6. The smallest absolute Gasteiger partial charge is 0.330 e. The van der Waals surface area contributed by atoms with Crippen LogP contribution in [0, 0.1) is 5.82 Å². The van der Waals surface area contributed by atoms with E-state index in [1.807, 2.05) is 36.6 Å². The lowest BCUT2D eigenvalue weighted by molar-refractivity contribution is -0.154. The summed E-state index contributed by atoms with van der Waals surface area (Å²) in [4.78, 5) is 50.1. The molecule has 0 spiro atoms. The van der Waals surface area contributed by atoms with E-state index < -0.39 is 60.2 Å². The number of carbonyl (C=O) groups excluding carboxylic acids is 2. The van der Waals surface area contributed by atoms with E-state index in [-0.39, 0.29) is 12.3 Å². The van der Waals surface area contributed by atoms with Crippen LogP contribution < -0.4 is 16.6 Å². The molecule has 196 valence electrons. The average molecular weight is 526 g/mol. The molecule has 1 fully saturated rings. The summed E-state index contributed by atoms with van der Waals surface area (Å²) in [5, 5.41) is 23.2. The Labute approximate surface area is 209 Å². The van der Waals surface area contributed by atoms with Gasteiger partial charge in [-0.05, 0) is 30.4 Å². The number of carbonyl (C=O) groups is 2. The number of nitrogens with one attached hydrogen (secondary N) is 2. The number of aliphatic hydroxyl groups is 2. The second kappa shape index (κ2) is 12.8. The number of thioether (sulfide) groups is 1. The zero-order valence-electron chi connectivity index (χ0n) is 19.5. The van der Waals surface area contributed by atoms with Crippen molar-refractivity contribution in [3.8, 4) is 0 Å². The fourth-order valence-corrected chi connectivity index (χ4v) is 4.14. The minimum atomic E-state index is -1.67. The van der Waals surface area contributed by atoms with Gasteiger partial charge >= 0.3 is 11.7 Å². The number of amides is 1. The van der Waals surface area contributed by atoms with E-state index in [0.29, 0.717) is 29.4 Å². The standard InChI is InChI=1S/C23H28FN3O8S/c1-36-10-9-15(25-17(28)8-7-13-5-3-2-4-6-13)22(32)34-12-16-18(29)19(30)21(35-16)27-11-14(24)20(31)26-23(27)33/h2-6,11,15-16,18-19,21,29-30H,7-10,12H2,1H3,(H,25,28)(H,26,31,33)/t15-,16+,18+,19+,21+/m0/s1. The van der Waals surface area contributed by atoms with Gasteiger partial charge in [-0.15, -0.1) is 0 Å². The van der Waals surface area contributed by atoms with Crippen molar-refractivity contribution in [1.82, 2.24) is 14.9 Å². The zero-order valence-corrected chi connectivity index (χ0v) is 20.3. The van der Waals surface area contributed by atoms with E-state index in [2.05, 4.69) is 5.32 Å². The zero-order chi connectivity index (χ0) is 26.2. The molecule has 0 aliphatic carbocycles. The quantitative estimate of drug-likeness (QED) is 0.289. The molecule has 4 N–H and O–H groups in total. The highest BCUT2D eigenvalue weighted by Crippen LogP contribution is 2.28. The van der Waals surface area contributed by atoms with E-state index in [1.165, 1.54) is 11.8 Å². The van der Waals surface area contributed by atoms with E-state index in [9.17, 15) is 33.8 Å². The van der Waals surface area contributed by atoms with E-state index in [1.54, 1.807) is 4.98 Å². The van der Waals surface area contributed by atoms with E-state index >= 15 is 0 Å². The van der Waals surface area contributed by atoms with Crippen LogP contribution in [0.3, 0.4) is 0 Å². The van der Waals surface area contributed by atoms with Gasteiger partial charge in [-0.1, -0.05) is 30.3 Å². The topological polar surface area (TPSA) is 160 Å². The lowest BCUT2D eigenvalue weighted by Gasteiger charge is -2.20. The number of aromatic amines is 1. The highest BCUT2D eigenvalue weighted by Gasteiger charge is 2.45. The number of hydrogen-bond donors (Lipinski definition) is 4. The Morgan fingerprint density at radius 2 is 1.97 bits per heavy atom. The van der Waals surface area contributed by atoms with Gasteiger partial charge < -0.3 is 25.0 Å². The SMILES string of the molecule is CSCC[C@H](NC(=O)CCc1ccccc1)C(=O)OC[C@H]1O[C@@H](n2cc(F)c(=O)[nH]c2=O)[C@H](O)[C@@H]1O. The highest BCUT2D eigenvalue weighted by atomic mass is 32.2. The van der Waals surface area contributed by atoms with Gasteiger partial charge in [0, 0.05) is 6.42 Å². The second-order valence-corrected chi connectivity index (χ2v) is 9.19. The predicted octanol–water partition coefficient (Wildman–Crippen LogP) is -0.291. The van der Waals surface area contributed by atoms with Crippen LogP contribution in [0.5, 0.6) is 0 Å². The van der Waals surface area contributed by atoms with Crippen molar-refractivity contribution >= 4 is 23.6 Å². The molecule has 1 aromatic carbocycles. The molecule has 0 bridgehead atoms. The first kappa shape index (κ1) is 27.6. The number of halogens is 1. The number of aliphatic hydroxyl groups excluding tert-OH is 2. The Bertz CT molecular complexity index is 1160. The largest absolute Gasteiger partial charge is 0.461 e. The number of esters is 1. The van der Waals surface area contributed by atoms with Crippen LogP contribution in [-0.2, 0) is 25.5 Å². The molecule has 1 aliphatic rings. The molecule has 5 atom stereocenters. The van der Waals surface area contributed by atoms with Gasteiger partial charge in [0.05, 0.1) is 6.20 Å². The molecule has 1 aliphatic heterocycles. The third kappa shape index (κ3) is 7.03. The number of aryl methyl sites for hydroxylation is 1. The van der Waals surface area contributed by atoms with Gasteiger partial charge in [0.1, 0.15) is 31.0 Å². The number of nitrogens with zero attached hydrogens (tertiary/aromatic N) is 1. The van der Waals surface area contributed by atoms with Crippen LogP contribution in [0.25, 0.3) is 0 Å². The molecule has 0 unspecified atom stereocenters. The van der Waals surface area contributed by atoms with Crippen molar-refractivity contribution in [1.29, 1.82) is 0 Å². The van der Waals surface area contributed by atoms with Crippen molar-refractivity contribution in [2.75, 3.05) is 18.6 Å². The number of aromatic nitrogens is 2. The van der Waals surface area contributed by atoms with Crippen molar-refractivity contribution in [3.63, 3.8) is 0 Å². The van der Waals surface area contributed by atoms with Gasteiger partial charge in [-0.2, -0.15) is 16.2 Å². The summed E-state index contributed by atoms with van der Waals surface area (Å²) in [7, 11) is 0. The van der Waals surface area contributed by atoms with E-state index in [4.69, 9.17) is 9.47 Å². The molecule has 11 nitrogen and oxygen atoms in total. The molecule has 1 saturated heterocycles. The van der Waals surface area contributed by atoms with Crippen molar-refractivity contribution < 1.29 is 33.7 Å². The fourth-order valence-electron chi connectivity index (χ4n) is 3.66. The summed E-state index contributed by atoms with van der Waals surface area (Å²) in [6.07, 6.45) is -2.61. The van der Waals surface area contributed by atoms with Gasteiger partial charge in [0.15, 0.2) is 6.23 Å². The highest BCUT2D eigenvalue weighted by molar-refractivity contribution is 7.98. The summed E-state index contributed by atoms with van der Waals surface area (Å²) in [5.74, 6) is -1.79. The Hall–Kier alpha value is -3.00. The van der Waals surface area contributed by atoms with Crippen molar-refractivity contribution in [2.24, 2.45) is 0 Å². The molecule has 13 heteroatoms. The van der Waals surface area contributed by atoms with Crippen LogP contribution in [0.4, 0.5) is 4.39 Å². The number of benzene rings is 1. The normalized spacial score (nSPS) is 22.2. The minimum Gasteiger partial charge on any atom is -0.461 e. The maximum atomic E-state index is 13.6. The van der Waals surface area contributed by atoms with Gasteiger partial charge in [0.2, 0.25) is 11.7 Å². The summed E-state index contributed by atoms with van der Waals surface area (Å²) in [6.45, 7) is -0.496. The molecular formula is C23H28FN3O8S. The molecule has 0 radical (unpaired) electrons. The second-order valence-electron chi connectivity index (χ2n) is 8.21. The molecule has 3 rings (SSSR count). The van der Waals surface area contributed by atoms with Crippen LogP contribution >= 0.6 is 11.8 Å². The molecule has 36 heavy (non-hydrogen) atoms. The predicted molar refractivity (Wildman–Crippen MR) is 128 cm³/mol. The van der Waals surface area contributed by atoms with E-state index in [0.717, 1.165) is 5.56 Å².